The molecular formula is C16H35NO2. The van der Waals surface area contributed by atoms with Gasteiger partial charge in [0.2, 0.25) is 0 Å². The maximum atomic E-state index is 10.2. The van der Waals surface area contributed by atoms with E-state index in [1.807, 2.05) is 6.92 Å². The molecule has 0 saturated carbocycles. The molecule has 3 nitrogen and oxygen atoms in total. The number of hydrogen-bond acceptors (Lipinski definition) is 3. The number of ether oxygens (including phenoxy) is 1. The van der Waals surface area contributed by atoms with Gasteiger partial charge in [0.1, 0.15) is 0 Å². The van der Waals surface area contributed by atoms with Crippen molar-refractivity contribution >= 4 is 0 Å². The first-order valence-corrected chi connectivity index (χ1v) is 8.04. The maximum absolute atomic E-state index is 10.2. The van der Waals surface area contributed by atoms with Gasteiger partial charge in [-0.3, -0.25) is 0 Å². The van der Waals surface area contributed by atoms with Crippen molar-refractivity contribution in [3.05, 3.63) is 0 Å². The summed E-state index contributed by atoms with van der Waals surface area (Å²) in [5.74, 6) is 0. The van der Waals surface area contributed by atoms with E-state index in [0.717, 1.165) is 19.4 Å². The Morgan fingerprint density at radius 1 is 1.00 bits per heavy atom. The Hall–Kier alpha value is -0.120. The van der Waals surface area contributed by atoms with E-state index in [1.54, 1.807) is 7.11 Å². The molecule has 3 heteroatoms. The summed E-state index contributed by atoms with van der Waals surface area (Å²) in [7, 11) is 1.69. The zero-order chi connectivity index (χ0) is 14.4. The van der Waals surface area contributed by atoms with E-state index in [9.17, 15) is 5.11 Å². The van der Waals surface area contributed by atoms with Crippen LogP contribution in [-0.2, 0) is 4.74 Å². The van der Waals surface area contributed by atoms with Crippen LogP contribution in [0.5, 0.6) is 0 Å². The zero-order valence-corrected chi connectivity index (χ0v) is 13.3. The molecular weight excluding hydrogens is 238 g/mol. The number of aliphatic hydroxyl groups is 1. The first-order valence-electron chi connectivity index (χ1n) is 8.04. The van der Waals surface area contributed by atoms with Crippen molar-refractivity contribution in [3.8, 4) is 0 Å². The largest absolute Gasteiger partial charge is 0.389 e. The summed E-state index contributed by atoms with van der Waals surface area (Å²) in [5.41, 5.74) is -0.573. The highest BCUT2D eigenvalue weighted by atomic mass is 16.5. The minimum atomic E-state index is -0.573. The third kappa shape index (κ3) is 14.1. The quantitative estimate of drug-likeness (QED) is 0.476. The Labute approximate surface area is 120 Å². The maximum Gasteiger partial charge on any atom is 0.0743 e. The predicted octanol–water partition coefficient (Wildman–Crippen LogP) is 3.50. The molecule has 1 atom stereocenters. The lowest BCUT2D eigenvalue weighted by Crippen LogP contribution is -2.38. The molecule has 0 aromatic rings. The number of methoxy groups -OCH3 is 1. The molecule has 19 heavy (non-hydrogen) atoms. The van der Waals surface area contributed by atoms with Crippen LogP contribution < -0.4 is 5.32 Å². The van der Waals surface area contributed by atoms with Gasteiger partial charge in [-0.2, -0.15) is 0 Å². The fraction of sp³-hybridized carbons (Fsp3) is 1.00. The Bertz CT molecular complexity index is 184. The van der Waals surface area contributed by atoms with Crippen LogP contribution in [0.3, 0.4) is 0 Å². The van der Waals surface area contributed by atoms with Gasteiger partial charge in [0, 0.05) is 20.2 Å². The second-order valence-corrected chi connectivity index (χ2v) is 5.89. The molecule has 1 unspecified atom stereocenters. The van der Waals surface area contributed by atoms with E-state index in [1.165, 1.54) is 44.9 Å². The van der Waals surface area contributed by atoms with Crippen LogP contribution in [0, 0.1) is 0 Å². The monoisotopic (exact) mass is 273 g/mol. The van der Waals surface area contributed by atoms with E-state index in [0.29, 0.717) is 13.2 Å². The van der Waals surface area contributed by atoms with Crippen molar-refractivity contribution in [2.45, 2.75) is 77.2 Å². The molecule has 0 aliphatic rings. The lowest BCUT2D eigenvalue weighted by Gasteiger charge is -2.23. The van der Waals surface area contributed by atoms with Gasteiger partial charge in [0.15, 0.2) is 0 Å². The first kappa shape index (κ1) is 18.9. The highest BCUT2D eigenvalue weighted by molar-refractivity contribution is 4.75. The topological polar surface area (TPSA) is 41.5 Å². The lowest BCUT2D eigenvalue weighted by molar-refractivity contribution is 0.0463. The third-order valence-electron chi connectivity index (χ3n) is 3.56. The van der Waals surface area contributed by atoms with Gasteiger partial charge in [-0.25, -0.2) is 0 Å². The van der Waals surface area contributed by atoms with Crippen molar-refractivity contribution in [3.63, 3.8) is 0 Å². The summed E-state index contributed by atoms with van der Waals surface area (Å²) in [6, 6.07) is 0. The van der Waals surface area contributed by atoms with Crippen molar-refractivity contribution < 1.29 is 9.84 Å². The van der Waals surface area contributed by atoms with E-state index in [4.69, 9.17) is 4.74 Å². The second-order valence-electron chi connectivity index (χ2n) is 5.89. The minimum Gasteiger partial charge on any atom is -0.389 e. The number of rotatable bonds is 14. The van der Waals surface area contributed by atoms with Gasteiger partial charge in [0.05, 0.1) is 12.2 Å². The molecule has 0 rings (SSSR count). The predicted molar refractivity (Wildman–Crippen MR) is 82.6 cm³/mol. The summed E-state index contributed by atoms with van der Waals surface area (Å²) >= 11 is 0. The molecule has 0 heterocycles. The molecule has 0 saturated heterocycles. The van der Waals surface area contributed by atoms with Crippen LogP contribution in [0.2, 0.25) is 0 Å². The molecule has 0 bridgehead atoms. The average Bonchev–Trinajstić information content (AvgIpc) is 2.38. The molecule has 2 N–H and O–H groups in total. The Balaban J connectivity index is 3.32. The van der Waals surface area contributed by atoms with Crippen LogP contribution in [-0.4, -0.2) is 37.5 Å². The highest BCUT2D eigenvalue weighted by Crippen LogP contribution is 2.15. The normalized spacial score (nSPS) is 14.5. The van der Waals surface area contributed by atoms with Crippen molar-refractivity contribution in [2.24, 2.45) is 0 Å². The number of nitrogens with one attached hydrogen (secondary N) is 1. The highest BCUT2D eigenvalue weighted by Gasteiger charge is 2.18. The molecule has 0 amide bonds. The molecule has 0 radical (unpaired) electrons. The van der Waals surface area contributed by atoms with Crippen LogP contribution in [0.25, 0.3) is 0 Å². The molecule has 0 aromatic heterocycles. The van der Waals surface area contributed by atoms with Gasteiger partial charge in [-0.15, -0.1) is 0 Å². The number of unbranched alkanes of at least 4 members (excludes halogenated alkanes) is 7. The van der Waals surface area contributed by atoms with Crippen LogP contribution in [0.15, 0.2) is 0 Å². The van der Waals surface area contributed by atoms with Crippen molar-refractivity contribution in [1.82, 2.24) is 5.32 Å². The van der Waals surface area contributed by atoms with Gasteiger partial charge < -0.3 is 15.2 Å². The van der Waals surface area contributed by atoms with Crippen LogP contribution in [0.1, 0.15) is 71.6 Å². The summed E-state index contributed by atoms with van der Waals surface area (Å²) in [6.45, 7) is 6.35. The van der Waals surface area contributed by atoms with Crippen molar-refractivity contribution in [2.75, 3.05) is 26.8 Å². The average molecular weight is 273 g/mol. The standard InChI is InChI=1S/C16H35NO2/c1-4-5-6-7-8-9-10-11-12-16(2,18)15-17-13-14-19-3/h17-18H,4-15H2,1-3H3. The van der Waals surface area contributed by atoms with Crippen molar-refractivity contribution in [1.29, 1.82) is 0 Å². The van der Waals surface area contributed by atoms with E-state index in [2.05, 4.69) is 12.2 Å². The molecule has 0 aliphatic heterocycles. The fourth-order valence-corrected chi connectivity index (χ4v) is 2.26. The molecule has 0 aliphatic carbocycles. The fourth-order valence-electron chi connectivity index (χ4n) is 2.26. The van der Waals surface area contributed by atoms with E-state index in [-0.39, 0.29) is 0 Å². The van der Waals surface area contributed by atoms with Gasteiger partial charge in [0.25, 0.3) is 0 Å². The Kier molecular flexibility index (Phi) is 12.8. The van der Waals surface area contributed by atoms with Gasteiger partial charge in [-0.1, -0.05) is 58.3 Å². The lowest BCUT2D eigenvalue weighted by atomic mass is 9.97. The SMILES string of the molecule is CCCCCCCCCCC(C)(O)CNCCOC. The summed E-state index contributed by atoms with van der Waals surface area (Å²) < 4.78 is 4.97. The first-order chi connectivity index (χ1) is 9.12. The van der Waals surface area contributed by atoms with E-state index < -0.39 is 5.60 Å². The van der Waals surface area contributed by atoms with E-state index >= 15 is 0 Å². The zero-order valence-electron chi connectivity index (χ0n) is 13.3. The molecule has 0 spiro atoms. The molecule has 0 aromatic carbocycles. The smallest absolute Gasteiger partial charge is 0.0743 e. The van der Waals surface area contributed by atoms with Crippen LogP contribution in [0.4, 0.5) is 0 Å². The summed E-state index contributed by atoms with van der Waals surface area (Å²) in [5, 5.41) is 13.4. The molecule has 0 fully saturated rings. The summed E-state index contributed by atoms with van der Waals surface area (Å²) in [6.07, 6.45) is 11.4. The minimum absolute atomic E-state index is 0.573. The van der Waals surface area contributed by atoms with Crippen LogP contribution >= 0.6 is 0 Å². The van der Waals surface area contributed by atoms with Gasteiger partial charge in [-0.05, 0) is 13.3 Å². The summed E-state index contributed by atoms with van der Waals surface area (Å²) in [4.78, 5) is 0. The Morgan fingerprint density at radius 2 is 1.58 bits per heavy atom. The Morgan fingerprint density at radius 3 is 2.16 bits per heavy atom. The molecule has 116 valence electrons. The third-order valence-corrected chi connectivity index (χ3v) is 3.56. The van der Waals surface area contributed by atoms with Gasteiger partial charge >= 0.3 is 0 Å². The number of hydrogen-bond donors (Lipinski definition) is 2. The second kappa shape index (κ2) is 12.9.